The Labute approximate surface area is 104 Å². The highest BCUT2D eigenvalue weighted by Gasteiger charge is 2.56. The quantitative estimate of drug-likeness (QED) is 0.524. The lowest BCUT2D eigenvalue weighted by Gasteiger charge is -2.46. The molecule has 0 amide bonds. The third-order valence-electron chi connectivity index (χ3n) is 3.26. The summed E-state index contributed by atoms with van der Waals surface area (Å²) in [5.74, 6) is -1.36. The lowest BCUT2D eigenvalue weighted by Crippen LogP contribution is -2.67. The molecule has 0 aromatic rings. The van der Waals surface area contributed by atoms with Crippen LogP contribution in [-0.4, -0.2) is 64.2 Å². The van der Waals surface area contributed by atoms with Crippen molar-refractivity contribution in [1.29, 1.82) is 0 Å². The van der Waals surface area contributed by atoms with Crippen LogP contribution in [0.3, 0.4) is 0 Å². The lowest BCUT2D eigenvalue weighted by molar-refractivity contribution is -0.257. The molecular formula is C11H18O7. The van der Waals surface area contributed by atoms with Gasteiger partial charge in [0.2, 0.25) is 0 Å². The molecule has 7 nitrogen and oxygen atoms in total. The molecular weight excluding hydrogens is 244 g/mol. The summed E-state index contributed by atoms with van der Waals surface area (Å²) in [5.41, 5.74) is -1.88. The number of carbonyl (C=O) groups excluding carboxylic acids is 2. The monoisotopic (exact) mass is 262 g/mol. The fraction of sp³-hybridized carbons (Fsp3) is 0.818. The molecule has 1 heterocycles. The van der Waals surface area contributed by atoms with Gasteiger partial charge in [-0.2, -0.15) is 0 Å². The molecule has 1 saturated heterocycles. The van der Waals surface area contributed by atoms with E-state index < -0.39 is 48.2 Å². The van der Waals surface area contributed by atoms with Gasteiger partial charge in [-0.15, -0.1) is 0 Å². The van der Waals surface area contributed by atoms with Crippen LogP contribution in [0.4, 0.5) is 0 Å². The van der Waals surface area contributed by atoms with Gasteiger partial charge < -0.3 is 24.8 Å². The van der Waals surface area contributed by atoms with E-state index >= 15 is 0 Å². The number of aliphatic hydroxyl groups excluding tert-OH is 3. The van der Waals surface area contributed by atoms with E-state index in [1.54, 1.807) is 0 Å². The topological polar surface area (TPSA) is 113 Å². The van der Waals surface area contributed by atoms with Crippen LogP contribution >= 0.6 is 0 Å². The van der Waals surface area contributed by atoms with Crippen LogP contribution in [0.15, 0.2) is 0 Å². The second kappa shape index (κ2) is 5.31. The van der Waals surface area contributed by atoms with Crippen LogP contribution in [-0.2, 0) is 19.1 Å². The average Bonchev–Trinajstić information content (AvgIpc) is 2.32. The first-order valence-corrected chi connectivity index (χ1v) is 5.56. The molecule has 0 saturated carbocycles. The molecule has 5 atom stereocenters. The molecule has 1 aliphatic heterocycles. The number of hydrogen-bond donors (Lipinski definition) is 3. The first-order chi connectivity index (χ1) is 8.26. The van der Waals surface area contributed by atoms with Crippen molar-refractivity contribution < 1.29 is 34.4 Å². The van der Waals surface area contributed by atoms with Gasteiger partial charge in [-0.1, -0.05) is 0 Å². The Balaban J connectivity index is 3.10. The van der Waals surface area contributed by atoms with E-state index in [1.807, 2.05) is 0 Å². The number of aliphatic hydroxyl groups is 3. The summed E-state index contributed by atoms with van der Waals surface area (Å²) in [4.78, 5) is 23.0. The van der Waals surface area contributed by atoms with Gasteiger partial charge in [0.05, 0.1) is 19.6 Å². The molecule has 0 aromatic carbocycles. The Kier molecular flexibility index (Phi) is 4.44. The lowest BCUT2D eigenvalue weighted by atomic mass is 9.80. The van der Waals surface area contributed by atoms with Gasteiger partial charge in [-0.25, -0.2) is 0 Å². The molecule has 0 bridgehead atoms. The summed E-state index contributed by atoms with van der Waals surface area (Å²) in [6, 6.07) is 0. The molecule has 1 aliphatic rings. The van der Waals surface area contributed by atoms with Crippen LogP contribution in [0, 0.1) is 0 Å². The predicted octanol–water partition coefficient (Wildman–Crippen LogP) is -1.62. The Morgan fingerprint density at radius 2 is 1.83 bits per heavy atom. The van der Waals surface area contributed by atoms with E-state index in [0.717, 1.165) is 14.0 Å². The van der Waals surface area contributed by atoms with E-state index in [-0.39, 0.29) is 0 Å². The van der Waals surface area contributed by atoms with E-state index in [4.69, 9.17) is 4.74 Å². The number of Topliss-reactive ketones (excluding diaryl/α,β-unsaturated/α-hetero) is 1. The first-order valence-electron chi connectivity index (χ1n) is 5.56. The molecule has 1 fully saturated rings. The zero-order valence-corrected chi connectivity index (χ0v) is 10.5. The summed E-state index contributed by atoms with van der Waals surface area (Å²) < 4.78 is 9.74. The van der Waals surface area contributed by atoms with Gasteiger partial charge in [0.1, 0.15) is 18.3 Å². The Hall–Kier alpha value is -1.02. The third-order valence-corrected chi connectivity index (χ3v) is 3.26. The minimum absolute atomic E-state index is 0.520. The number of ether oxygens (including phenoxy) is 2. The number of hydrogen-bond acceptors (Lipinski definition) is 7. The highest BCUT2D eigenvalue weighted by Crippen LogP contribution is 2.34. The Bertz CT molecular complexity index is 342. The van der Waals surface area contributed by atoms with Crippen molar-refractivity contribution in [2.24, 2.45) is 0 Å². The molecule has 7 heteroatoms. The molecule has 0 aromatic heterocycles. The minimum atomic E-state index is -1.88. The van der Waals surface area contributed by atoms with Crippen molar-refractivity contribution in [1.82, 2.24) is 0 Å². The summed E-state index contributed by atoms with van der Waals surface area (Å²) in [7, 11) is 1.14. The second-order valence-corrected chi connectivity index (χ2v) is 4.45. The maximum Gasteiger partial charge on any atom is 0.309 e. The normalized spacial score (nSPS) is 40.3. The fourth-order valence-electron chi connectivity index (χ4n) is 2.06. The van der Waals surface area contributed by atoms with Crippen LogP contribution in [0.25, 0.3) is 0 Å². The van der Waals surface area contributed by atoms with Crippen molar-refractivity contribution in [2.75, 3.05) is 7.11 Å². The van der Waals surface area contributed by atoms with Crippen molar-refractivity contribution in [3.63, 3.8) is 0 Å². The summed E-state index contributed by atoms with van der Waals surface area (Å²) in [5, 5.41) is 29.2. The average molecular weight is 262 g/mol. The molecule has 104 valence electrons. The van der Waals surface area contributed by atoms with E-state index in [2.05, 4.69) is 4.74 Å². The zero-order chi connectivity index (χ0) is 14.1. The summed E-state index contributed by atoms with van der Waals surface area (Å²) in [6.07, 6.45) is -6.00. The summed E-state index contributed by atoms with van der Waals surface area (Å²) in [6.45, 7) is 2.58. The molecule has 0 unspecified atom stereocenters. The first kappa shape index (κ1) is 15.0. The van der Waals surface area contributed by atoms with Crippen LogP contribution < -0.4 is 0 Å². The highest BCUT2D eigenvalue weighted by molar-refractivity contribution is 5.90. The van der Waals surface area contributed by atoms with Crippen molar-refractivity contribution in [2.45, 2.75) is 50.3 Å². The Morgan fingerprint density at radius 1 is 1.28 bits per heavy atom. The van der Waals surface area contributed by atoms with Crippen LogP contribution in [0.2, 0.25) is 0 Å². The summed E-state index contributed by atoms with van der Waals surface area (Å²) >= 11 is 0. The standard InChI is InChI=1S/C11H18O7/c1-5-8(14)9(15)10(16)11(18-5,6(2)12)4-7(13)17-3/h5,8-10,14-16H,4H2,1-3H3/t5-,8-,9+,10+,11+/m0/s1. The van der Waals surface area contributed by atoms with Crippen LogP contribution in [0.1, 0.15) is 20.3 Å². The zero-order valence-electron chi connectivity index (χ0n) is 10.5. The molecule has 0 radical (unpaired) electrons. The Morgan fingerprint density at radius 3 is 2.28 bits per heavy atom. The molecule has 1 rings (SSSR count). The highest BCUT2D eigenvalue weighted by atomic mass is 16.6. The maximum absolute atomic E-state index is 11.7. The molecule has 18 heavy (non-hydrogen) atoms. The van der Waals surface area contributed by atoms with E-state index in [1.165, 1.54) is 6.92 Å². The number of methoxy groups -OCH3 is 1. The van der Waals surface area contributed by atoms with Crippen LogP contribution in [0.5, 0.6) is 0 Å². The van der Waals surface area contributed by atoms with Gasteiger partial charge in [0.25, 0.3) is 0 Å². The molecule has 0 aliphatic carbocycles. The van der Waals surface area contributed by atoms with Gasteiger partial charge in [-0.05, 0) is 13.8 Å². The van der Waals surface area contributed by atoms with E-state index in [9.17, 15) is 24.9 Å². The second-order valence-electron chi connectivity index (χ2n) is 4.45. The van der Waals surface area contributed by atoms with E-state index in [0.29, 0.717) is 0 Å². The minimum Gasteiger partial charge on any atom is -0.469 e. The van der Waals surface area contributed by atoms with Crippen molar-refractivity contribution in [3.05, 3.63) is 0 Å². The smallest absolute Gasteiger partial charge is 0.309 e. The largest absolute Gasteiger partial charge is 0.469 e. The number of ketones is 1. The number of carbonyl (C=O) groups is 2. The molecule has 3 N–H and O–H groups in total. The molecule has 0 spiro atoms. The van der Waals surface area contributed by atoms with Gasteiger partial charge in [0, 0.05) is 0 Å². The van der Waals surface area contributed by atoms with Crippen molar-refractivity contribution >= 4 is 11.8 Å². The van der Waals surface area contributed by atoms with Gasteiger partial charge >= 0.3 is 5.97 Å². The number of esters is 1. The SMILES string of the molecule is COC(=O)C[C@]1(C(C)=O)O[C@@H](C)[C@H](O)[C@@H](O)[C@H]1O. The maximum atomic E-state index is 11.7. The third kappa shape index (κ3) is 2.39. The fourth-order valence-corrected chi connectivity index (χ4v) is 2.06. The number of rotatable bonds is 3. The predicted molar refractivity (Wildman–Crippen MR) is 58.6 cm³/mol. The van der Waals surface area contributed by atoms with Gasteiger partial charge in [0.15, 0.2) is 11.4 Å². The van der Waals surface area contributed by atoms with Gasteiger partial charge in [-0.3, -0.25) is 9.59 Å². The van der Waals surface area contributed by atoms with Crippen molar-refractivity contribution in [3.8, 4) is 0 Å².